The molecule has 3 N–H and O–H groups in total. The highest BCUT2D eigenvalue weighted by molar-refractivity contribution is 6.31. The molecule has 0 aliphatic carbocycles. The van der Waals surface area contributed by atoms with Crippen LogP contribution in [-0.2, 0) is 6.42 Å². The van der Waals surface area contributed by atoms with Gasteiger partial charge in [0.2, 0.25) is 0 Å². The third kappa shape index (κ3) is 3.93. The first-order valence-corrected chi connectivity index (χ1v) is 5.56. The van der Waals surface area contributed by atoms with Crippen molar-refractivity contribution >= 4 is 11.6 Å². The van der Waals surface area contributed by atoms with Crippen molar-refractivity contribution < 1.29 is 4.39 Å². The molecule has 2 nitrogen and oxygen atoms in total. The molecular formula is C12H16ClFN2. The highest BCUT2D eigenvalue weighted by atomic mass is 35.5. The Morgan fingerprint density at radius 1 is 1.56 bits per heavy atom. The van der Waals surface area contributed by atoms with Crippen LogP contribution in [-0.4, -0.2) is 6.04 Å². The Balaban J connectivity index is 2.66. The maximum absolute atomic E-state index is 12.8. The van der Waals surface area contributed by atoms with Gasteiger partial charge in [0, 0.05) is 11.1 Å². The zero-order valence-corrected chi connectivity index (χ0v) is 9.80. The Labute approximate surface area is 100 Å². The average molecular weight is 243 g/mol. The van der Waals surface area contributed by atoms with Gasteiger partial charge < -0.3 is 0 Å². The van der Waals surface area contributed by atoms with E-state index in [2.05, 4.69) is 12.0 Å². The number of halogens is 2. The SMILES string of the molecule is C=CCCC(Cc1ccc(F)cc1Cl)NN. The maximum atomic E-state index is 12.8. The second-order valence-corrected chi connectivity index (χ2v) is 4.08. The molecule has 1 atom stereocenters. The second kappa shape index (κ2) is 6.63. The highest BCUT2D eigenvalue weighted by Gasteiger charge is 2.09. The summed E-state index contributed by atoms with van der Waals surface area (Å²) in [5.74, 6) is 5.12. The number of rotatable bonds is 6. The van der Waals surface area contributed by atoms with Crippen LogP contribution < -0.4 is 11.3 Å². The lowest BCUT2D eigenvalue weighted by Crippen LogP contribution is -2.36. The van der Waals surface area contributed by atoms with Crippen molar-refractivity contribution in [1.82, 2.24) is 5.43 Å². The van der Waals surface area contributed by atoms with Crippen LogP contribution in [0, 0.1) is 5.82 Å². The standard InChI is InChI=1S/C12H16ClFN2/c1-2-3-4-11(16-15)7-9-5-6-10(14)8-12(9)13/h2,5-6,8,11,16H,1,3-4,7,15H2. The van der Waals surface area contributed by atoms with Crippen LogP contribution in [0.1, 0.15) is 18.4 Å². The van der Waals surface area contributed by atoms with Crippen LogP contribution in [0.4, 0.5) is 4.39 Å². The molecule has 0 aliphatic heterocycles. The van der Waals surface area contributed by atoms with Crippen molar-refractivity contribution in [3.8, 4) is 0 Å². The molecule has 16 heavy (non-hydrogen) atoms. The van der Waals surface area contributed by atoms with Gasteiger partial charge in [0.25, 0.3) is 0 Å². The summed E-state index contributed by atoms with van der Waals surface area (Å²) >= 11 is 5.94. The Bertz CT molecular complexity index is 355. The van der Waals surface area contributed by atoms with Crippen LogP contribution in [0.3, 0.4) is 0 Å². The average Bonchev–Trinajstić information content (AvgIpc) is 2.27. The van der Waals surface area contributed by atoms with Gasteiger partial charge in [-0.25, -0.2) is 4.39 Å². The lowest BCUT2D eigenvalue weighted by Gasteiger charge is -2.15. The van der Waals surface area contributed by atoms with Crippen molar-refractivity contribution in [1.29, 1.82) is 0 Å². The van der Waals surface area contributed by atoms with E-state index in [0.717, 1.165) is 18.4 Å². The van der Waals surface area contributed by atoms with E-state index in [1.165, 1.54) is 12.1 Å². The third-order valence-corrected chi connectivity index (χ3v) is 2.79. The molecule has 0 saturated heterocycles. The minimum Gasteiger partial charge on any atom is -0.271 e. The maximum Gasteiger partial charge on any atom is 0.124 e. The minimum absolute atomic E-state index is 0.126. The van der Waals surface area contributed by atoms with Gasteiger partial charge in [-0.3, -0.25) is 11.3 Å². The minimum atomic E-state index is -0.322. The molecule has 1 aromatic rings. The van der Waals surface area contributed by atoms with Gasteiger partial charge in [0.15, 0.2) is 0 Å². The summed E-state index contributed by atoms with van der Waals surface area (Å²) in [4.78, 5) is 0. The Morgan fingerprint density at radius 3 is 2.88 bits per heavy atom. The topological polar surface area (TPSA) is 38.0 Å². The smallest absolute Gasteiger partial charge is 0.124 e. The fourth-order valence-corrected chi connectivity index (χ4v) is 1.76. The van der Waals surface area contributed by atoms with E-state index in [0.29, 0.717) is 11.4 Å². The number of benzene rings is 1. The Hall–Kier alpha value is -0.900. The van der Waals surface area contributed by atoms with Crippen molar-refractivity contribution in [2.45, 2.75) is 25.3 Å². The first kappa shape index (κ1) is 13.2. The molecule has 0 heterocycles. The second-order valence-electron chi connectivity index (χ2n) is 3.67. The quantitative estimate of drug-likeness (QED) is 0.457. The monoisotopic (exact) mass is 242 g/mol. The first-order valence-electron chi connectivity index (χ1n) is 5.18. The molecule has 0 fully saturated rings. The highest BCUT2D eigenvalue weighted by Crippen LogP contribution is 2.19. The largest absolute Gasteiger partial charge is 0.271 e. The van der Waals surface area contributed by atoms with E-state index in [4.69, 9.17) is 17.4 Å². The van der Waals surface area contributed by atoms with Gasteiger partial charge in [0.05, 0.1) is 0 Å². The molecule has 0 radical (unpaired) electrons. The summed E-state index contributed by atoms with van der Waals surface area (Å²) in [7, 11) is 0. The zero-order chi connectivity index (χ0) is 12.0. The predicted molar refractivity (Wildman–Crippen MR) is 65.7 cm³/mol. The molecule has 1 unspecified atom stereocenters. The van der Waals surface area contributed by atoms with Crippen molar-refractivity contribution in [3.63, 3.8) is 0 Å². The third-order valence-electron chi connectivity index (χ3n) is 2.44. The molecule has 0 aliphatic rings. The summed E-state index contributed by atoms with van der Waals surface area (Å²) in [6.45, 7) is 3.66. The molecule has 0 amide bonds. The molecule has 4 heteroatoms. The van der Waals surface area contributed by atoms with Crippen LogP contribution in [0.5, 0.6) is 0 Å². The van der Waals surface area contributed by atoms with E-state index in [9.17, 15) is 4.39 Å². The predicted octanol–water partition coefficient (Wildman–Crippen LogP) is 2.82. The lowest BCUT2D eigenvalue weighted by atomic mass is 10.0. The molecule has 0 spiro atoms. The van der Waals surface area contributed by atoms with Gasteiger partial charge in [-0.15, -0.1) is 6.58 Å². The van der Waals surface area contributed by atoms with Gasteiger partial charge >= 0.3 is 0 Å². The van der Waals surface area contributed by atoms with Crippen LogP contribution >= 0.6 is 11.6 Å². The van der Waals surface area contributed by atoms with Crippen molar-refractivity contribution in [2.24, 2.45) is 5.84 Å². The molecule has 0 bridgehead atoms. The Morgan fingerprint density at radius 2 is 2.31 bits per heavy atom. The number of hydrogen-bond donors (Lipinski definition) is 2. The Kier molecular flexibility index (Phi) is 5.46. The molecule has 1 rings (SSSR count). The summed E-state index contributed by atoms with van der Waals surface area (Å²) in [5.41, 5.74) is 3.63. The van der Waals surface area contributed by atoms with E-state index in [1.54, 1.807) is 6.07 Å². The van der Waals surface area contributed by atoms with Crippen molar-refractivity contribution in [3.05, 3.63) is 47.3 Å². The lowest BCUT2D eigenvalue weighted by molar-refractivity contribution is 0.495. The van der Waals surface area contributed by atoms with Crippen LogP contribution in [0.2, 0.25) is 5.02 Å². The summed E-state index contributed by atoms with van der Waals surface area (Å²) in [6, 6.07) is 4.54. The first-order chi connectivity index (χ1) is 7.67. The fourth-order valence-electron chi connectivity index (χ4n) is 1.52. The van der Waals surface area contributed by atoms with E-state index in [-0.39, 0.29) is 11.9 Å². The summed E-state index contributed by atoms with van der Waals surface area (Å²) in [5, 5.41) is 0.443. The molecule has 0 aromatic heterocycles. The van der Waals surface area contributed by atoms with E-state index < -0.39 is 0 Å². The van der Waals surface area contributed by atoms with E-state index >= 15 is 0 Å². The number of allylic oxidation sites excluding steroid dienone is 1. The van der Waals surface area contributed by atoms with Gasteiger partial charge in [-0.05, 0) is 37.0 Å². The number of nitrogens with two attached hydrogens (primary N) is 1. The molecule has 0 saturated carbocycles. The normalized spacial score (nSPS) is 12.4. The van der Waals surface area contributed by atoms with Gasteiger partial charge in [-0.2, -0.15) is 0 Å². The molecular weight excluding hydrogens is 227 g/mol. The molecule has 1 aromatic carbocycles. The summed E-state index contributed by atoms with van der Waals surface area (Å²) in [6.07, 6.45) is 4.29. The van der Waals surface area contributed by atoms with Crippen molar-refractivity contribution in [2.75, 3.05) is 0 Å². The summed E-state index contributed by atoms with van der Waals surface area (Å²) < 4.78 is 12.8. The van der Waals surface area contributed by atoms with Crippen LogP contribution in [0.15, 0.2) is 30.9 Å². The number of nitrogens with one attached hydrogen (secondary N) is 1. The van der Waals surface area contributed by atoms with Gasteiger partial charge in [-0.1, -0.05) is 23.7 Å². The van der Waals surface area contributed by atoms with E-state index in [1.807, 2.05) is 6.08 Å². The van der Waals surface area contributed by atoms with Gasteiger partial charge in [0.1, 0.15) is 5.82 Å². The van der Waals surface area contributed by atoms with Crippen LogP contribution in [0.25, 0.3) is 0 Å². The number of hydrazine groups is 1. The fraction of sp³-hybridized carbons (Fsp3) is 0.333. The zero-order valence-electron chi connectivity index (χ0n) is 9.05. The number of hydrogen-bond acceptors (Lipinski definition) is 2. The molecule has 88 valence electrons.